The molecule has 0 unspecified atom stereocenters. The van der Waals surface area contributed by atoms with Crippen LogP contribution in [0.3, 0.4) is 0 Å². The smallest absolute Gasteiger partial charge is 0.252 e. The second-order valence-electron chi connectivity index (χ2n) is 6.92. The maximum atomic E-state index is 12.1. The number of rotatable bonds is 6. The number of ether oxygens (including phenoxy) is 2. The number of nitrogens with zero attached hydrogens (tertiary/aromatic N) is 2. The summed E-state index contributed by atoms with van der Waals surface area (Å²) in [7, 11) is 1.62. The summed E-state index contributed by atoms with van der Waals surface area (Å²) >= 11 is 0. The summed E-state index contributed by atoms with van der Waals surface area (Å²) in [6, 6.07) is 17.1. The molecule has 0 spiro atoms. The fourth-order valence-electron chi connectivity index (χ4n) is 3.27. The fraction of sp³-hybridized carbons (Fsp3) is 0.273. The van der Waals surface area contributed by atoms with Crippen molar-refractivity contribution < 1.29 is 9.47 Å². The average Bonchev–Trinajstić information content (AvgIpc) is 2.75. The molecule has 0 amide bonds. The van der Waals surface area contributed by atoms with E-state index < -0.39 is 0 Å². The van der Waals surface area contributed by atoms with E-state index in [2.05, 4.69) is 32.3 Å². The number of H-pyrrole nitrogens is 1. The van der Waals surface area contributed by atoms with Crippen LogP contribution in [0.1, 0.15) is 5.56 Å². The zero-order valence-corrected chi connectivity index (χ0v) is 16.4. The molecule has 1 aromatic heterocycles. The van der Waals surface area contributed by atoms with Crippen LogP contribution < -0.4 is 15.6 Å². The molecule has 29 heavy (non-hydrogen) atoms. The van der Waals surface area contributed by atoms with Crippen LogP contribution in [0.15, 0.2) is 59.4 Å². The van der Waals surface area contributed by atoms with E-state index in [0.717, 1.165) is 49.8 Å². The Morgan fingerprint density at radius 1 is 1.10 bits per heavy atom. The quantitative estimate of drug-likeness (QED) is 0.671. The first-order chi connectivity index (χ1) is 14.2. The Labute approximate surface area is 169 Å². The molecule has 0 saturated carbocycles. The normalized spacial score (nSPS) is 14.5. The number of morpholine rings is 1. The van der Waals surface area contributed by atoms with Gasteiger partial charge in [0.25, 0.3) is 5.56 Å². The van der Waals surface area contributed by atoms with Crippen LogP contribution in [-0.2, 0) is 11.3 Å². The number of nitrogens with one attached hydrogen (secondary N) is 2. The van der Waals surface area contributed by atoms with Crippen LogP contribution in [0.25, 0.3) is 11.3 Å². The largest absolute Gasteiger partial charge is 0.497 e. The minimum absolute atomic E-state index is 0.211. The van der Waals surface area contributed by atoms with E-state index in [1.165, 1.54) is 11.6 Å². The lowest BCUT2D eigenvalue weighted by Crippen LogP contribution is -2.35. The van der Waals surface area contributed by atoms with E-state index in [1.54, 1.807) is 7.11 Å². The predicted molar refractivity (Wildman–Crippen MR) is 113 cm³/mol. The summed E-state index contributed by atoms with van der Waals surface area (Å²) in [6.07, 6.45) is 0. The lowest BCUT2D eigenvalue weighted by molar-refractivity contribution is 0.0342. The van der Waals surface area contributed by atoms with Gasteiger partial charge < -0.3 is 14.8 Å². The highest BCUT2D eigenvalue weighted by Gasteiger charge is 2.11. The highest BCUT2D eigenvalue weighted by atomic mass is 16.5. The van der Waals surface area contributed by atoms with Crippen molar-refractivity contribution in [2.75, 3.05) is 38.7 Å². The van der Waals surface area contributed by atoms with Gasteiger partial charge in [0.1, 0.15) is 5.75 Å². The second-order valence-corrected chi connectivity index (χ2v) is 6.92. The van der Waals surface area contributed by atoms with Gasteiger partial charge in [-0.2, -0.15) is 0 Å². The molecule has 0 bridgehead atoms. The first-order valence-electron chi connectivity index (χ1n) is 9.61. The van der Waals surface area contributed by atoms with Crippen molar-refractivity contribution in [2.24, 2.45) is 0 Å². The monoisotopic (exact) mass is 392 g/mol. The Kier molecular flexibility index (Phi) is 5.88. The first kappa shape index (κ1) is 19.2. The number of aromatic nitrogens is 2. The van der Waals surface area contributed by atoms with Crippen molar-refractivity contribution in [3.05, 3.63) is 70.5 Å². The van der Waals surface area contributed by atoms with Gasteiger partial charge in [0.05, 0.1) is 26.0 Å². The topological polar surface area (TPSA) is 79.5 Å². The van der Waals surface area contributed by atoms with Crippen LogP contribution in [0.2, 0.25) is 0 Å². The van der Waals surface area contributed by atoms with E-state index in [9.17, 15) is 4.79 Å². The van der Waals surface area contributed by atoms with Crippen molar-refractivity contribution in [3.63, 3.8) is 0 Å². The number of methoxy groups -OCH3 is 1. The summed E-state index contributed by atoms with van der Waals surface area (Å²) in [6.45, 7) is 4.42. The summed E-state index contributed by atoms with van der Waals surface area (Å²) < 4.78 is 10.6. The summed E-state index contributed by atoms with van der Waals surface area (Å²) in [5.41, 5.74) is 3.34. The van der Waals surface area contributed by atoms with Gasteiger partial charge >= 0.3 is 0 Å². The number of aromatic amines is 1. The molecule has 150 valence electrons. The molecular weight excluding hydrogens is 368 g/mol. The van der Waals surface area contributed by atoms with Crippen molar-refractivity contribution in [1.29, 1.82) is 0 Å². The average molecular weight is 392 g/mol. The summed E-state index contributed by atoms with van der Waals surface area (Å²) in [4.78, 5) is 21.8. The van der Waals surface area contributed by atoms with Crippen molar-refractivity contribution in [3.8, 4) is 17.0 Å². The number of anilines is 2. The van der Waals surface area contributed by atoms with E-state index in [1.807, 2.05) is 36.4 Å². The van der Waals surface area contributed by atoms with Crippen LogP contribution in [0, 0.1) is 0 Å². The molecule has 0 aliphatic carbocycles. The third kappa shape index (κ3) is 5.01. The van der Waals surface area contributed by atoms with Gasteiger partial charge in [-0.05, 0) is 42.0 Å². The molecule has 2 heterocycles. The lowest BCUT2D eigenvalue weighted by atomic mass is 10.1. The van der Waals surface area contributed by atoms with E-state index in [-0.39, 0.29) is 5.56 Å². The van der Waals surface area contributed by atoms with Gasteiger partial charge in [0.15, 0.2) is 0 Å². The van der Waals surface area contributed by atoms with Gasteiger partial charge in [-0.15, -0.1) is 0 Å². The molecule has 2 aromatic carbocycles. The zero-order chi connectivity index (χ0) is 20.1. The maximum Gasteiger partial charge on any atom is 0.252 e. The van der Waals surface area contributed by atoms with Crippen LogP contribution in [-0.4, -0.2) is 48.3 Å². The number of hydrogen-bond donors (Lipinski definition) is 2. The van der Waals surface area contributed by atoms with Crippen LogP contribution >= 0.6 is 0 Å². The minimum atomic E-state index is -0.211. The lowest BCUT2D eigenvalue weighted by Gasteiger charge is -2.26. The Morgan fingerprint density at radius 3 is 2.52 bits per heavy atom. The van der Waals surface area contributed by atoms with Gasteiger partial charge in [0.2, 0.25) is 5.95 Å². The first-order valence-corrected chi connectivity index (χ1v) is 9.61. The molecule has 2 N–H and O–H groups in total. The molecular formula is C22H24N4O3. The van der Waals surface area contributed by atoms with Gasteiger partial charge in [-0.3, -0.25) is 14.7 Å². The Bertz CT molecular complexity index is 994. The van der Waals surface area contributed by atoms with E-state index in [0.29, 0.717) is 11.6 Å². The van der Waals surface area contributed by atoms with Crippen molar-refractivity contribution >= 4 is 11.6 Å². The third-order valence-electron chi connectivity index (χ3n) is 4.85. The number of benzene rings is 2. The molecule has 7 heteroatoms. The molecule has 0 radical (unpaired) electrons. The Morgan fingerprint density at radius 2 is 1.83 bits per heavy atom. The molecule has 1 fully saturated rings. The van der Waals surface area contributed by atoms with Gasteiger partial charge in [-0.1, -0.05) is 12.1 Å². The maximum absolute atomic E-state index is 12.1. The highest BCUT2D eigenvalue weighted by Crippen LogP contribution is 2.21. The van der Waals surface area contributed by atoms with E-state index in [4.69, 9.17) is 9.47 Å². The Hall–Kier alpha value is -3.16. The number of hydrogen-bond acceptors (Lipinski definition) is 6. The minimum Gasteiger partial charge on any atom is -0.497 e. The standard InChI is InChI=1S/C22H24N4O3/c1-28-19-8-4-17(5-9-19)20-14-21(27)25-22(24-20)23-18-6-2-16(3-7-18)15-26-10-12-29-13-11-26/h2-9,14H,10-13,15H2,1H3,(H2,23,24,25,27). The fourth-order valence-corrected chi connectivity index (χ4v) is 3.27. The molecule has 1 aliphatic rings. The molecule has 4 rings (SSSR count). The van der Waals surface area contributed by atoms with Gasteiger partial charge in [0, 0.05) is 37.0 Å². The highest BCUT2D eigenvalue weighted by molar-refractivity contribution is 5.62. The van der Waals surface area contributed by atoms with Crippen LogP contribution in [0.5, 0.6) is 5.75 Å². The summed E-state index contributed by atoms with van der Waals surface area (Å²) in [5, 5.41) is 3.18. The van der Waals surface area contributed by atoms with Crippen molar-refractivity contribution in [2.45, 2.75) is 6.54 Å². The van der Waals surface area contributed by atoms with Crippen LogP contribution in [0.4, 0.5) is 11.6 Å². The van der Waals surface area contributed by atoms with Crippen molar-refractivity contribution in [1.82, 2.24) is 14.9 Å². The predicted octanol–water partition coefficient (Wildman–Crippen LogP) is 3.02. The molecule has 3 aromatic rings. The molecule has 0 atom stereocenters. The molecule has 7 nitrogen and oxygen atoms in total. The van der Waals surface area contributed by atoms with E-state index >= 15 is 0 Å². The molecule has 1 aliphatic heterocycles. The summed E-state index contributed by atoms with van der Waals surface area (Å²) in [5.74, 6) is 1.17. The molecule has 1 saturated heterocycles. The zero-order valence-electron chi connectivity index (χ0n) is 16.4. The van der Waals surface area contributed by atoms with Gasteiger partial charge in [-0.25, -0.2) is 4.98 Å². The third-order valence-corrected chi connectivity index (χ3v) is 4.85. The second kappa shape index (κ2) is 8.89. The Balaban J connectivity index is 1.47. The SMILES string of the molecule is COc1ccc(-c2cc(=O)[nH]c(Nc3ccc(CN4CCOCC4)cc3)n2)cc1.